The average Bonchev–Trinajstić information content (AvgIpc) is 2.77. The van der Waals surface area contributed by atoms with Crippen molar-refractivity contribution in [3.05, 3.63) is 11.6 Å². The lowest BCUT2D eigenvalue weighted by molar-refractivity contribution is -0.134. The van der Waals surface area contributed by atoms with E-state index in [0.29, 0.717) is 12.5 Å². The molecule has 0 N–H and O–H groups in total. The summed E-state index contributed by atoms with van der Waals surface area (Å²) in [6.07, 6.45) is 2.57. The van der Waals surface area contributed by atoms with Crippen LogP contribution in [0.4, 0.5) is 0 Å². The Morgan fingerprint density at radius 2 is 2.11 bits per heavy atom. The van der Waals surface area contributed by atoms with Crippen molar-refractivity contribution in [3.63, 3.8) is 0 Å². The van der Waals surface area contributed by atoms with Gasteiger partial charge in [-0.25, -0.2) is 13.3 Å². The van der Waals surface area contributed by atoms with Crippen molar-refractivity contribution >= 4 is 17.0 Å². The first-order valence-electron chi connectivity index (χ1n) is 6.79. The molecule has 19 heavy (non-hydrogen) atoms. The van der Waals surface area contributed by atoms with E-state index in [-0.39, 0.29) is 22.8 Å². The van der Waals surface area contributed by atoms with Crippen LogP contribution in [-0.4, -0.2) is 37.9 Å². The molecule has 0 bridgehead atoms. The second-order valence-corrected chi connectivity index (χ2v) is 8.83. The summed E-state index contributed by atoms with van der Waals surface area (Å²) in [6, 6.07) is 0.398. The number of carbonyl (C=O) groups excluding carboxylic acids is 1. The molecule has 0 spiro atoms. The van der Waals surface area contributed by atoms with Crippen molar-refractivity contribution < 1.29 is 13.7 Å². The molecule has 2 aliphatic rings. The van der Waals surface area contributed by atoms with E-state index in [0.717, 1.165) is 12.0 Å². The highest BCUT2D eigenvalue weighted by Gasteiger charge is 2.55. The quantitative estimate of drug-likeness (QED) is 0.586. The topological polar surface area (TPSA) is 46.4 Å². The average molecular weight is 285 g/mol. The second-order valence-electron chi connectivity index (χ2n) is 6.69. The number of rotatable bonds is 4. The molecule has 2 aliphatic heterocycles. The van der Waals surface area contributed by atoms with Gasteiger partial charge in [-0.1, -0.05) is 13.8 Å². The Balaban J connectivity index is 2.15. The lowest BCUT2D eigenvalue weighted by Crippen LogP contribution is -2.29. The van der Waals surface area contributed by atoms with Gasteiger partial charge in [0.1, 0.15) is 17.6 Å². The maximum absolute atomic E-state index is 12.6. The highest BCUT2D eigenvalue weighted by molar-refractivity contribution is 7.84. The Kier molecular flexibility index (Phi) is 3.89. The highest BCUT2D eigenvalue weighted by Crippen LogP contribution is 2.43. The van der Waals surface area contributed by atoms with Crippen LogP contribution in [-0.2, 0) is 20.5 Å². The molecule has 0 aromatic rings. The van der Waals surface area contributed by atoms with Gasteiger partial charge in [-0.2, -0.15) is 0 Å². The van der Waals surface area contributed by atoms with Crippen LogP contribution in [0.25, 0.3) is 0 Å². The Morgan fingerprint density at radius 3 is 2.53 bits per heavy atom. The molecule has 2 heterocycles. The van der Waals surface area contributed by atoms with Crippen molar-refractivity contribution in [1.82, 2.24) is 4.31 Å². The van der Waals surface area contributed by atoms with Gasteiger partial charge in [-0.3, -0.25) is 0 Å². The summed E-state index contributed by atoms with van der Waals surface area (Å²) < 4.78 is 19.3. The van der Waals surface area contributed by atoms with Gasteiger partial charge in [-0.15, -0.1) is 0 Å². The standard InChI is InChI=1S/C14H23NO3S/c1-9(2)6-11-13(10-7-12(16)18-8-10)15(11)19(17)14(3,4)5/h7,9,11,13H,6,8H2,1-5H3/t11-,13+,15?,19?/m1/s1. The molecule has 4 atom stereocenters. The number of esters is 1. The van der Waals surface area contributed by atoms with Crippen molar-refractivity contribution in [2.24, 2.45) is 5.92 Å². The SMILES string of the molecule is CC(C)C[C@@H]1[C@H](C2=CC(=O)OC2)N1S(=O)C(C)(C)C. The van der Waals surface area contributed by atoms with Crippen LogP contribution in [0.3, 0.4) is 0 Å². The molecule has 4 nitrogen and oxygen atoms in total. The van der Waals surface area contributed by atoms with Crippen LogP contribution in [0, 0.1) is 5.92 Å². The van der Waals surface area contributed by atoms with Gasteiger partial charge in [-0.05, 0) is 38.7 Å². The minimum atomic E-state index is -1.04. The highest BCUT2D eigenvalue weighted by atomic mass is 32.2. The van der Waals surface area contributed by atoms with Gasteiger partial charge in [0, 0.05) is 12.1 Å². The van der Waals surface area contributed by atoms with Crippen molar-refractivity contribution in [2.45, 2.75) is 57.9 Å². The van der Waals surface area contributed by atoms with E-state index in [2.05, 4.69) is 13.8 Å². The van der Waals surface area contributed by atoms with Crippen LogP contribution in [0.2, 0.25) is 0 Å². The first-order chi connectivity index (χ1) is 8.71. The fourth-order valence-corrected chi connectivity index (χ4v) is 3.99. The van der Waals surface area contributed by atoms with E-state index in [1.54, 1.807) is 6.08 Å². The van der Waals surface area contributed by atoms with E-state index in [9.17, 15) is 9.00 Å². The summed E-state index contributed by atoms with van der Waals surface area (Å²) in [5.74, 6) is 0.278. The summed E-state index contributed by atoms with van der Waals surface area (Å²) in [4.78, 5) is 11.2. The minimum absolute atomic E-state index is 0.119. The first kappa shape index (κ1) is 14.7. The first-order valence-corrected chi connectivity index (χ1v) is 7.90. The summed E-state index contributed by atoms with van der Waals surface area (Å²) >= 11 is 0. The monoisotopic (exact) mass is 285 g/mol. The molecule has 0 amide bonds. The van der Waals surface area contributed by atoms with Crippen LogP contribution < -0.4 is 0 Å². The molecule has 2 rings (SSSR count). The molecule has 108 valence electrons. The molecule has 2 unspecified atom stereocenters. The normalized spacial score (nSPS) is 32.2. The molecular weight excluding hydrogens is 262 g/mol. The fourth-order valence-electron chi connectivity index (χ4n) is 2.49. The zero-order valence-electron chi connectivity index (χ0n) is 12.3. The Labute approximate surface area is 117 Å². The van der Waals surface area contributed by atoms with Gasteiger partial charge in [0.15, 0.2) is 0 Å². The molecule has 1 fully saturated rings. The molecule has 1 saturated heterocycles. The number of carbonyl (C=O) groups is 1. The molecular formula is C14H23NO3S. The zero-order valence-corrected chi connectivity index (χ0v) is 13.1. The predicted molar refractivity (Wildman–Crippen MR) is 75.8 cm³/mol. The van der Waals surface area contributed by atoms with Crippen LogP contribution in [0.15, 0.2) is 11.6 Å². The fraction of sp³-hybridized carbons (Fsp3) is 0.786. The van der Waals surface area contributed by atoms with Gasteiger partial charge in [0.2, 0.25) is 0 Å². The predicted octanol–water partition coefficient (Wildman–Crippen LogP) is 2.03. The maximum Gasteiger partial charge on any atom is 0.331 e. The van der Waals surface area contributed by atoms with Crippen molar-refractivity contribution in [1.29, 1.82) is 0 Å². The minimum Gasteiger partial charge on any atom is -0.458 e. The lowest BCUT2D eigenvalue weighted by Gasteiger charge is -2.19. The summed E-state index contributed by atoms with van der Waals surface area (Å²) in [6.45, 7) is 10.6. The Bertz CT molecular complexity index is 436. The molecule has 0 radical (unpaired) electrons. The zero-order chi connectivity index (χ0) is 14.4. The number of nitrogens with zero attached hydrogens (tertiary/aromatic N) is 1. The summed E-state index contributed by atoms with van der Waals surface area (Å²) in [5.41, 5.74) is 0.980. The van der Waals surface area contributed by atoms with Crippen molar-refractivity contribution in [3.8, 4) is 0 Å². The van der Waals surface area contributed by atoms with Gasteiger partial charge in [0.05, 0.1) is 10.8 Å². The molecule has 0 saturated carbocycles. The number of ether oxygens (including phenoxy) is 1. The van der Waals surface area contributed by atoms with E-state index in [1.807, 2.05) is 25.1 Å². The van der Waals surface area contributed by atoms with Crippen LogP contribution >= 0.6 is 0 Å². The number of hydrogen-bond acceptors (Lipinski definition) is 3. The van der Waals surface area contributed by atoms with E-state index in [4.69, 9.17) is 4.74 Å². The van der Waals surface area contributed by atoms with E-state index < -0.39 is 11.0 Å². The molecule has 0 aliphatic carbocycles. The third-order valence-electron chi connectivity index (χ3n) is 3.37. The van der Waals surface area contributed by atoms with E-state index >= 15 is 0 Å². The second kappa shape index (κ2) is 5.02. The third kappa shape index (κ3) is 3.08. The van der Waals surface area contributed by atoms with Gasteiger partial charge in [0.25, 0.3) is 0 Å². The Hall–Kier alpha value is -0.680. The Morgan fingerprint density at radius 1 is 1.47 bits per heavy atom. The van der Waals surface area contributed by atoms with Crippen molar-refractivity contribution in [2.75, 3.05) is 6.61 Å². The molecule has 0 aromatic carbocycles. The lowest BCUT2D eigenvalue weighted by atomic mass is 10.0. The van der Waals surface area contributed by atoms with Gasteiger partial charge >= 0.3 is 5.97 Å². The van der Waals surface area contributed by atoms with Crippen LogP contribution in [0.5, 0.6) is 0 Å². The molecule has 0 aromatic heterocycles. The number of hydrogen-bond donors (Lipinski definition) is 0. The molecule has 5 heteroatoms. The van der Waals surface area contributed by atoms with E-state index in [1.165, 1.54) is 0 Å². The van der Waals surface area contributed by atoms with Crippen LogP contribution in [0.1, 0.15) is 41.0 Å². The maximum atomic E-state index is 12.6. The van der Waals surface area contributed by atoms with Gasteiger partial charge < -0.3 is 4.74 Å². The largest absolute Gasteiger partial charge is 0.458 e. The smallest absolute Gasteiger partial charge is 0.331 e. The summed E-state index contributed by atoms with van der Waals surface area (Å²) in [7, 11) is -1.04. The summed E-state index contributed by atoms with van der Waals surface area (Å²) in [5, 5.41) is 0. The third-order valence-corrected chi connectivity index (χ3v) is 5.30. The number of cyclic esters (lactones) is 1.